The Kier molecular flexibility index (Phi) is 3.98. The number of hydrogen-bond acceptors (Lipinski definition) is 4. The monoisotopic (exact) mass is 426 g/mol. The standard InChI is InChI=1S/C16H15IN2O2S/c1-16(2,3)21-15(20)19-11-9-12(10-7-5-4-6-8-10)22-13(11)14(17)18-19/h4-9H,1-3H3. The maximum Gasteiger partial charge on any atom is 0.435 e. The normalized spacial score (nSPS) is 11.8. The van der Waals surface area contributed by atoms with Gasteiger partial charge in [0, 0.05) is 4.88 Å². The zero-order valence-corrected chi connectivity index (χ0v) is 15.4. The lowest BCUT2D eigenvalue weighted by Gasteiger charge is -2.18. The number of carbonyl (C=O) groups is 1. The Hall–Kier alpha value is -1.41. The summed E-state index contributed by atoms with van der Waals surface area (Å²) < 4.78 is 8.59. The molecule has 0 amide bonds. The number of aromatic nitrogens is 2. The number of nitrogens with zero attached hydrogens (tertiary/aromatic N) is 2. The van der Waals surface area contributed by atoms with Crippen molar-refractivity contribution >= 4 is 50.2 Å². The molecular weight excluding hydrogens is 411 g/mol. The van der Waals surface area contributed by atoms with Crippen LogP contribution in [0.15, 0.2) is 36.4 Å². The van der Waals surface area contributed by atoms with Gasteiger partial charge >= 0.3 is 6.09 Å². The Morgan fingerprint density at radius 2 is 1.95 bits per heavy atom. The molecule has 3 aromatic rings. The van der Waals surface area contributed by atoms with Gasteiger partial charge in [-0.2, -0.15) is 9.78 Å². The summed E-state index contributed by atoms with van der Waals surface area (Å²) in [5.74, 6) is 0. The van der Waals surface area contributed by atoms with E-state index >= 15 is 0 Å². The molecule has 2 heterocycles. The third kappa shape index (κ3) is 3.03. The second-order valence-corrected chi connectivity index (χ2v) is 7.95. The van der Waals surface area contributed by atoms with E-state index in [2.05, 4.69) is 39.8 Å². The lowest BCUT2D eigenvalue weighted by molar-refractivity contribution is 0.0522. The average Bonchev–Trinajstić information content (AvgIpc) is 2.99. The molecule has 4 nitrogen and oxygen atoms in total. The average molecular weight is 426 g/mol. The highest BCUT2D eigenvalue weighted by molar-refractivity contribution is 14.1. The van der Waals surface area contributed by atoms with Crippen LogP contribution in [0, 0.1) is 3.70 Å². The van der Waals surface area contributed by atoms with Crippen molar-refractivity contribution < 1.29 is 9.53 Å². The number of rotatable bonds is 1. The number of halogens is 1. The van der Waals surface area contributed by atoms with Crippen LogP contribution in [-0.4, -0.2) is 21.5 Å². The molecule has 0 fully saturated rings. The Balaban J connectivity index is 2.06. The van der Waals surface area contributed by atoms with E-state index in [1.807, 2.05) is 45.0 Å². The fourth-order valence-electron chi connectivity index (χ4n) is 2.06. The first-order chi connectivity index (χ1) is 10.3. The quantitative estimate of drug-likeness (QED) is 0.506. The molecule has 2 aromatic heterocycles. The number of hydrogen-bond donors (Lipinski definition) is 0. The minimum absolute atomic E-state index is 0.446. The molecule has 0 aliphatic carbocycles. The summed E-state index contributed by atoms with van der Waals surface area (Å²) >= 11 is 3.79. The fourth-order valence-corrected chi connectivity index (χ4v) is 3.90. The summed E-state index contributed by atoms with van der Waals surface area (Å²) in [5.41, 5.74) is 1.39. The maximum absolute atomic E-state index is 12.3. The third-order valence-corrected chi connectivity index (χ3v) is 5.24. The van der Waals surface area contributed by atoms with E-state index in [1.165, 1.54) is 4.68 Å². The van der Waals surface area contributed by atoms with Crippen LogP contribution in [-0.2, 0) is 4.74 Å². The van der Waals surface area contributed by atoms with Gasteiger partial charge in [-0.05, 0) is 55.0 Å². The van der Waals surface area contributed by atoms with Gasteiger partial charge in [-0.25, -0.2) is 4.79 Å². The molecule has 1 aromatic carbocycles. The first-order valence-corrected chi connectivity index (χ1v) is 8.71. The molecule has 0 N–H and O–H groups in total. The van der Waals surface area contributed by atoms with Crippen LogP contribution in [0.5, 0.6) is 0 Å². The number of thiophene rings is 1. The zero-order valence-electron chi connectivity index (χ0n) is 12.5. The van der Waals surface area contributed by atoms with Crippen LogP contribution >= 0.6 is 33.9 Å². The van der Waals surface area contributed by atoms with Gasteiger partial charge in [-0.15, -0.1) is 11.3 Å². The van der Waals surface area contributed by atoms with Crippen LogP contribution in [0.25, 0.3) is 20.7 Å². The lowest BCUT2D eigenvalue weighted by atomic mass is 10.2. The van der Waals surface area contributed by atoms with Crippen LogP contribution in [0.4, 0.5) is 4.79 Å². The number of benzene rings is 1. The van der Waals surface area contributed by atoms with Crippen LogP contribution < -0.4 is 0 Å². The van der Waals surface area contributed by atoms with Crippen molar-refractivity contribution in [1.29, 1.82) is 0 Å². The van der Waals surface area contributed by atoms with Gasteiger partial charge in [0.2, 0.25) is 0 Å². The van der Waals surface area contributed by atoms with E-state index < -0.39 is 11.7 Å². The second-order valence-electron chi connectivity index (χ2n) is 5.87. The molecule has 0 saturated heterocycles. The molecule has 0 radical (unpaired) electrons. The van der Waals surface area contributed by atoms with Crippen molar-refractivity contribution in [2.24, 2.45) is 0 Å². The lowest BCUT2D eigenvalue weighted by Crippen LogP contribution is -2.27. The van der Waals surface area contributed by atoms with E-state index in [0.717, 1.165) is 24.4 Å². The molecule has 22 heavy (non-hydrogen) atoms. The second kappa shape index (κ2) is 5.66. The summed E-state index contributed by atoms with van der Waals surface area (Å²) in [6, 6.07) is 12.1. The van der Waals surface area contributed by atoms with Crippen molar-refractivity contribution in [3.05, 3.63) is 40.1 Å². The van der Waals surface area contributed by atoms with E-state index in [1.54, 1.807) is 11.3 Å². The minimum Gasteiger partial charge on any atom is -0.442 e. The zero-order chi connectivity index (χ0) is 15.9. The van der Waals surface area contributed by atoms with Gasteiger partial charge in [-0.1, -0.05) is 30.3 Å². The topological polar surface area (TPSA) is 44.1 Å². The third-order valence-electron chi connectivity index (χ3n) is 2.94. The maximum atomic E-state index is 12.3. The largest absolute Gasteiger partial charge is 0.442 e. The molecule has 0 spiro atoms. The number of carbonyl (C=O) groups excluding carboxylic acids is 1. The predicted molar refractivity (Wildman–Crippen MR) is 97.4 cm³/mol. The number of fused-ring (bicyclic) bond motifs is 1. The SMILES string of the molecule is CC(C)(C)OC(=O)n1nc(I)c2sc(-c3ccccc3)cc21. The summed E-state index contributed by atoms with van der Waals surface area (Å²) in [6.07, 6.45) is -0.446. The molecule has 0 saturated carbocycles. The molecule has 0 unspecified atom stereocenters. The highest BCUT2D eigenvalue weighted by Crippen LogP contribution is 2.36. The predicted octanol–water partition coefficient (Wildman–Crippen LogP) is 5.15. The van der Waals surface area contributed by atoms with Gasteiger partial charge in [0.15, 0.2) is 0 Å². The van der Waals surface area contributed by atoms with Gasteiger partial charge in [0.1, 0.15) is 9.30 Å². The van der Waals surface area contributed by atoms with Gasteiger partial charge in [-0.3, -0.25) is 0 Å². The molecule has 0 bridgehead atoms. The molecule has 6 heteroatoms. The smallest absolute Gasteiger partial charge is 0.435 e. The first kappa shape index (κ1) is 15.5. The fraction of sp³-hybridized carbons (Fsp3) is 0.250. The molecule has 0 aliphatic heterocycles. The first-order valence-electron chi connectivity index (χ1n) is 6.82. The van der Waals surface area contributed by atoms with E-state index in [-0.39, 0.29) is 0 Å². The summed E-state index contributed by atoms with van der Waals surface area (Å²) in [7, 11) is 0. The Labute approximate surface area is 146 Å². The highest BCUT2D eigenvalue weighted by Gasteiger charge is 2.23. The molecule has 3 rings (SSSR count). The summed E-state index contributed by atoms with van der Waals surface area (Å²) in [5, 5.41) is 4.31. The highest BCUT2D eigenvalue weighted by atomic mass is 127. The van der Waals surface area contributed by atoms with Crippen molar-refractivity contribution in [1.82, 2.24) is 9.78 Å². The van der Waals surface area contributed by atoms with E-state index in [4.69, 9.17) is 4.74 Å². The molecule has 0 atom stereocenters. The van der Waals surface area contributed by atoms with Gasteiger partial charge in [0.25, 0.3) is 0 Å². The van der Waals surface area contributed by atoms with Crippen molar-refractivity contribution in [2.45, 2.75) is 26.4 Å². The molecular formula is C16H15IN2O2S. The molecule has 114 valence electrons. The number of ether oxygens (including phenoxy) is 1. The van der Waals surface area contributed by atoms with Crippen LogP contribution in [0.3, 0.4) is 0 Å². The summed E-state index contributed by atoms with van der Waals surface area (Å²) in [4.78, 5) is 13.4. The Morgan fingerprint density at radius 1 is 1.27 bits per heavy atom. The van der Waals surface area contributed by atoms with E-state index in [0.29, 0.717) is 0 Å². The van der Waals surface area contributed by atoms with Crippen LogP contribution in [0.1, 0.15) is 20.8 Å². The van der Waals surface area contributed by atoms with Crippen molar-refractivity contribution in [2.75, 3.05) is 0 Å². The Bertz CT molecular complexity index is 831. The minimum atomic E-state index is -0.543. The van der Waals surface area contributed by atoms with Gasteiger partial charge < -0.3 is 4.74 Å². The van der Waals surface area contributed by atoms with Gasteiger partial charge in [0.05, 0.1) is 10.2 Å². The van der Waals surface area contributed by atoms with E-state index in [9.17, 15) is 4.79 Å². The summed E-state index contributed by atoms with van der Waals surface area (Å²) in [6.45, 7) is 5.54. The van der Waals surface area contributed by atoms with Crippen molar-refractivity contribution in [3.8, 4) is 10.4 Å². The van der Waals surface area contributed by atoms with Crippen molar-refractivity contribution in [3.63, 3.8) is 0 Å². The Morgan fingerprint density at radius 3 is 2.59 bits per heavy atom. The molecule has 0 aliphatic rings. The van der Waals surface area contributed by atoms with Crippen LogP contribution in [0.2, 0.25) is 0 Å².